The molecule has 20 heavy (non-hydrogen) atoms. The van der Waals surface area contributed by atoms with Gasteiger partial charge in [-0.2, -0.15) is 8.78 Å². The first-order valence-electron chi connectivity index (χ1n) is 6.94. The Bertz CT molecular complexity index is 424. The van der Waals surface area contributed by atoms with Gasteiger partial charge in [0.1, 0.15) is 5.75 Å². The number of halogens is 2. The van der Waals surface area contributed by atoms with Crippen molar-refractivity contribution in [3.05, 3.63) is 29.8 Å². The van der Waals surface area contributed by atoms with Crippen LogP contribution in [-0.4, -0.2) is 25.3 Å². The van der Waals surface area contributed by atoms with Gasteiger partial charge in [0.25, 0.3) is 0 Å². The van der Waals surface area contributed by atoms with Gasteiger partial charge in [0, 0.05) is 18.7 Å². The Kier molecular flexibility index (Phi) is 4.94. The number of alkyl halides is 2. The molecule has 0 aromatic heterocycles. The summed E-state index contributed by atoms with van der Waals surface area (Å²) in [5, 5.41) is 3.53. The molecule has 1 aromatic carbocycles. The van der Waals surface area contributed by atoms with Gasteiger partial charge < -0.3 is 14.8 Å². The zero-order valence-corrected chi connectivity index (χ0v) is 11.9. The molecule has 0 aliphatic carbocycles. The van der Waals surface area contributed by atoms with E-state index in [4.69, 9.17) is 4.74 Å². The highest BCUT2D eigenvalue weighted by Crippen LogP contribution is 2.26. The van der Waals surface area contributed by atoms with Gasteiger partial charge in [0.2, 0.25) is 0 Å². The third kappa shape index (κ3) is 3.90. The first-order chi connectivity index (χ1) is 9.52. The highest BCUT2D eigenvalue weighted by Gasteiger charge is 2.27. The molecule has 0 spiro atoms. The predicted octanol–water partition coefficient (Wildman–Crippen LogP) is 3.51. The van der Waals surface area contributed by atoms with Crippen LogP contribution in [-0.2, 0) is 4.74 Å². The Morgan fingerprint density at radius 3 is 2.70 bits per heavy atom. The normalized spacial score (nSPS) is 27.4. The van der Waals surface area contributed by atoms with Crippen molar-refractivity contribution in [3.8, 4) is 5.75 Å². The summed E-state index contributed by atoms with van der Waals surface area (Å²) >= 11 is 0. The second-order valence-electron chi connectivity index (χ2n) is 5.35. The Hall–Kier alpha value is -1.20. The van der Waals surface area contributed by atoms with Gasteiger partial charge in [0.15, 0.2) is 0 Å². The monoisotopic (exact) mass is 285 g/mol. The minimum Gasteiger partial charge on any atom is -0.435 e. The fraction of sp³-hybridized carbons (Fsp3) is 0.600. The summed E-state index contributed by atoms with van der Waals surface area (Å²) in [5.41, 5.74) is 1.08. The first-order valence-corrected chi connectivity index (χ1v) is 6.94. The highest BCUT2D eigenvalue weighted by molar-refractivity contribution is 5.29. The van der Waals surface area contributed by atoms with Crippen molar-refractivity contribution in [2.75, 3.05) is 13.2 Å². The van der Waals surface area contributed by atoms with Crippen molar-refractivity contribution in [1.29, 1.82) is 0 Å². The maximum atomic E-state index is 12.1. The Morgan fingerprint density at radius 1 is 1.40 bits per heavy atom. The quantitative estimate of drug-likeness (QED) is 0.918. The molecule has 1 heterocycles. The summed E-state index contributed by atoms with van der Waals surface area (Å²) in [4.78, 5) is 0. The number of hydrogen-bond acceptors (Lipinski definition) is 3. The summed E-state index contributed by atoms with van der Waals surface area (Å²) in [6.45, 7) is 2.97. The van der Waals surface area contributed by atoms with Crippen LogP contribution in [0.2, 0.25) is 0 Å². The van der Waals surface area contributed by atoms with Gasteiger partial charge in [0.05, 0.1) is 6.10 Å². The third-order valence-electron chi connectivity index (χ3n) is 3.94. The molecular formula is C15H21F2NO2. The van der Waals surface area contributed by atoms with Crippen molar-refractivity contribution >= 4 is 0 Å². The molecule has 5 heteroatoms. The lowest BCUT2D eigenvalue weighted by Crippen LogP contribution is -2.42. The van der Waals surface area contributed by atoms with E-state index in [-0.39, 0.29) is 17.4 Å². The van der Waals surface area contributed by atoms with E-state index in [1.165, 1.54) is 0 Å². The molecule has 1 aliphatic rings. The number of rotatable bonds is 4. The van der Waals surface area contributed by atoms with Crippen LogP contribution in [0.5, 0.6) is 5.75 Å². The van der Waals surface area contributed by atoms with E-state index >= 15 is 0 Å². The fourth-order valence-corrected chi connectivity index (χ4v) is 2.29. The van der Waals surface area contributed by atoms with E-state index in [1.54, 1.807) is 24.3 Å². The topological polar surface area (TPSA) is 30.5 Å². The van der Waals surface area contributed by atoms with Gasteiger partial charge in [-0.25, -0.2) is 0 Å². The molecule has 1 fully saturated rings. The van der Waals surface area contributed by atoms with Gasteiger partial charge in [-0.15, -0.1) is 0 Å². The smallest absolute Gasteiger partial charge is 0.387 e. The van der Waals surface area contributed by atoms with Crippen molar-refractivity contribution in [2.24, 2.45) is 0 Å². The Morgan fingerprint density at radius 2 is 2.10 bits per heavy atom. The highest BCUT2D eigenvalue weighted by atomic mass is 19.3. The minimum atomic E-state index is -2.79. The average molecular weight is 285 g/mol. The van der Waals surface area contributed by atoms with Crippen LogP contribution in [0, 0.1) is 0 Å². The van der Waals surface area contributed by atoms with E-state index in [9.17, 15) is 8.78 Å². The van der Waals surface area contributed by atoms with Crippen LogP contribution in [0.1, 0.15) is 38.4 Å². The van der Waals surface area contributed by atoms with Crippen LogP contribution in [0.3, 0.4) is 0 Å². The minimum absolute atomic E-state index is 0.0519. The predicted molar refractivity (Wildman–Crippen MR) is 73.1 cm³/mol. The largest absolute Gasteiger partial charge is 0.435 e. The zero-order chi connectivity index (χ0) is 14.6. The lowest BCUT2D eigenvalue weighted by Gasteiger charge is -2.27. The molecule has 0 saturated carbocycles. The van der Waals surface area contributed by atoms with Gasteiger partial charge >= 0.3 is 6.61 Å². The van der Waals surface area contributed by atoms with Gasteiger partial charge in [-0.05, 0) is 37.5 Å². The molecule has 0 bridgehead atoms. The molecule has 2 atom stereocenters. The summed E-state index contributed by atoms with van der Waals surface area (Å²) in [7, 11) is 0. The van der Waals surface area contributed by atoms with Crippen LogP contribution < -0.4 is 10.1 Å². The van der Waals surface area contributed by atoms with Gasteiger partial charge in [-0.1, -0.05) is 19.1 Å². The molecule has 0 radical (unpaired) electrons. The standard InChI is InChI=1S/C15H21F2NO2/c1-3-15(2)8-9-19-13(10-18-15)11-4-6-12(7-5-11)20-14(16)17/h4-7,13-14,18H,3,8-10H2,1-2H3. The lowest BCUT2D eigenvalue weighted by molar-refractivity contribution is -0.0498. The third-order valence-corrected chi connectivity index (χ3v) is 3.94. The van der Waals surface area contributed by atoms with E-state index in [2.05, 4.69) is 23.9 Å². The van der Waals surface area contributed by atoms with Crippen LogP contribution >= 0.6 is 0 Å². The molecule has 112 valence electrons. The van der Waals surface area contributed by atoms with Crippen molar-refractivity contribution in [2.45, 2.75) is 44.9 Å². The molecule has 2 rings (SSSR count). The fourth-order valence-electron chi connectivity index (χ4n) is 2.29. The Labute approximate surface area is 118 Å². The molecule has 1 aromatic rings. The second kappa shape index (κ2) is 6.50. The second-order valence-corrected chi connectivity index (χ2v) is 5.35. The maximum Gasteiger partial charge on any atom is 0.387 e. The molecule has 0 amide bonds. The van der Waals surface area contributed by atoms with Crippen LogP contribution in [0.25, 0.3) is 0 Å². The van der Waals surface area contributed by atoms with Crippen LogP contribution in [0.15, 0.2) is 24.3 Å². The van der Waals surface area contributed by atoms with E-state index < -0.39 is 6.61 Å². The number of nitrogens with one attached hydrogen (secondary N) is 1. The summed E-state index contributed by atoms with van der Waals surface area (Å²) in [6, 6.07) is 6.65. The SMILES string of the molecule is CCC1(C)CCOC(c2ccc(OC(F)F)cc2)CN1. The average Bonchev–Trinajstić information content (AvgIpc) is 2.62. The zero-order valence-electron chi connectivity index (χ0n) is 11.9. The molecule has 1 aliphatic heterocycles. The maximum absolute atomic E-state index is 12.1. The molecular weight excluding hydrogens is 264 g/mol. The number of benzene rings is 1. The first kappa shape index (κ1) is 15.2. The molecule has 3 nitrogen and oxygen atoms in total. The van der Waals surface area contributed by atoms with Crippen molar-refractivity contribution < 1.29 is 18.3 Å². The summed E-state index contributed by atoms with van der Waals surface area (Å²) in [5.74, 6) is 0.170. The lowest BCUT2D eigenvalue weighted by atomic mass is 9.95. The summed E-state index contributed by atoms with van der Waals surface area (Å²) < 4.78 is 34.4. The van der Waals surface area contributed by atoms with Crippen LogP contribution in [0.4, 0.5) is 8.78 Å². The van der Waals surface area contributed by atoms with Crippen molar-refractivity contribution in [1.82, 2.24) is 5.32 Å². The van der Waals surface area contributed by atoms with Crippen molar-refractivity contribution in [3.63, 3.8) is 0 Å². The Balaban J connectivity index is 2.01. The number of hydrogen-bond donors (Lipinski definition) is 1. The molecule has 1 N–H and O–H groups in total. The molecule has 2 unspecified atom stereocenters. The van der Waals surface area contributed by atoms with Gasteiger partial charge in [-0.3, -0.25) is 0 Å². The number of ether oxygens (including phenoxy) is 2. The summed E-state index contributed by atoms with van der Waals surface area (Å²) in [6.07, 6.45) is 1.96. The van der Waals surface area contributed by atoms with E-state index in [0.717, 1.165) is 24.9 Å². The van der Waals surface area contributed by atoms with E-state index in [0.29, 0.717) is 6.61 Å². The molecule has 1 saturated heterocycles. The van der Waals surface area contributed by atoms with E-state index in [1.807, 2.05) is 0 Å².